The molecule has 112 valence electrons. The number of hydrogen-bond donors (Lipinski definition) is 1. The summed E-state index contributed by atoms with van der Waals surface area (Å²) in [7, 11) is -3.80. The highest BCUT2D eigenvalue weighted by Gasteiger charge is 2.19. The van der Waals surface area contributed by atoms with E-state index in [-0.39, 0.29) is 20.5 Å². The van der Waals surface area contributed by atoms with Crippen molar-refractivity contribution in [2.45, 2.75) is 4.90 Å². The van der Waals surface area contributed by atoms with Crippen molar-refractivity contribution in [3.63, 3.8) is 0 Å². The molecule has 3 aromatic rings. The van der Waals surface area contributed by atoms with Crippen LogP contribution in [-0.4, -0.2) is 18.4 Å². The minimum Gasteiger partial charge on any atom is -0.261 e. The average Bonchev–Trinajstić information content (AvgIpc) is 2.49. The summed E-state index contributed by atoms with van der Waals surface area (Å²) in [5.41, 5.74) is 0. The number of fused-ring (bicyclic) bond motifs is 1. The Balaban J connectivity index is 2.09. The minimum atomic E-state index is -3.80. The second-order valence-corrected chi connectivity index (χ2v) is 7.20. The standard InChI is InChI=1S/C14H9BrClN3O2S/c15-13-14(17-8-12(16)18-13)19-22(20,21)11-7-3-5-9-4-1-2-6-10(9)11/h1-8H,(H,17,19). The highest BCUT2D eigenvalue weighted by Crippen LogP contribution is 2.26. The van der Waals surface area contributed by atoms with E-state index in [9.17, 15) is 8.42 Å². The molecule has 2 aromatic carbocycles. The van der Waals surface area contributed by atoms with Crippen LogP contribution >= 0.6 is 27.5 Å². The van der Waals surface area contributed by atoms with Crippen LogP contribution in [0.25, 0.3) is 10.8 Å². The molecule has 1 N–H and O–H groups in total. The summed E-state index contributed by atoms with van der Waals surface area (Å²) in [6.45, 7) is 0. The van der Waals surface area contributed by atoms with E-state index in [0.29, 0.717) is 5.39 Å². The number of nitrogens with zero attached hydrogens (tertiary/aromatic N) is 2. The minimum absolute atomic E-state index is 0.0809. The van der Waals surface area contributed by atoms with E-state index in [0.717, 1.165) is 5.39 Å². The summed E-state index contributed by atoms with van der Waals surface area (Å²) < 4.78 is 27.9. The van der Waals surface area contributed by atoms with Gasteiger partial charge in [-0.3, -0.25) is 4.72 Å². The van der Waals surface area contributed by atoms with Crippen molar-refractivity contribution in [1.29, 1.82) is 0 Å². The highest BCUT2D eigenvalue weighted by atomic mass is 79.9. The third-order valence-corrected chi connectivity index (χ3v) is 5.10. The Labute approximate surface area is 140 Å². The van der Waals surface area contributed by atoms with Gasteiger partial charge in [-0.15, -0.1) is 0 Å². The molecule has 0 bridgehead atoms. The smallest absolute Gasteiger partial charge is 0.261 e. The molecule has 0 saturated heterocycles. The number of hydrogen-bond acceptors (Lipinski definition) is 4. The summed E-state index contributed by atoms with van der Waals surface area (Å²) in [6.07, 6.45) is 1.27. The Hall–Kier alpha value is -1.70. The van der Waals surface area contributed by atoms with Crippen LogP contribution in [-0.2, 0) is 10.0 Å². The zero-order chi connectivity index (χ0) is 15.7. The fourth-order valence-electron chi connectivity index (χ4n) is 2.03. The van der Waals surface area contributed by atoms with Gasteiger partial charge in [-0.1, -0.05) is 48.0 Å². The van der Waals surface area contributed by atoms with E-state index >= 15 is 0 Å². The van der Waals surface area contributed by atoms with Crippen LogP contribution in [0.4, 0.5) is 5.82 Å². The molecule has 0 atom stereocenters. The van der Waals surface area contributed by atoms with Crippen molar-refractivity contribution in [2.75, 3.05) is 4.72 Å². The van der Waals surface area contributed by atoms with Gasteiger partial charge in [0.15, 0.2) is 10.4 Å². The van der Waals surface area contributed by atoms with Gasteiger partial charge < -0.3 is 0 Å². The number of benzene rings is 2. The van der Waals surface area contributed by atoms with Crippen LogP contribution < -0.4 is 4.72 Å². The van der Waals surface area contributed by atoms with Crippen molar-refractivity contribution in [2.24, 2.45) is 0 Å². The van der Waals surface area contributed by atoms with Crippen molar-refractivity contribution in [1.82, 2.24) is 9.97 Å². The van der Waals surface area contributed by atoms with Crippen LogP contribution in [0.1, 0.15) is 0 Å². The fourth-order valence-corrected chi connectivity index (χ4v) is 4.03. The number of anilines is 1. The lowest BCUT2D eigenvalue weighted by atomic mass is 10.1. The second-order valence-electron chi connectivity index (χ2n) is 4.41. The first-order valence-electron chi connectivity index (χ1n) is 6.16. The lowest BCUT2D eigenvalue weighted by Gasteiger charge is -2.10. The first kappa shape index (κ1) is 15.2. The van der Waals surface area contributed by atoms with E-state index in [1.54, 1.807) is 24.3 Å². The topological polar surface area (TPSA) is 72.0 Å². The van der Waals surface area contributed by atoms with Gasteiger partial charge >= 0.3 is 0 Å². The molecule has 1 aromatic heterocycles. The Morgan fingerprint density at radius 1 is 1.09 bits per heavy atom. The van der Waals surface area contributed by atoms with Crippen molar-refractivity contribution >= 4 is 54.1 Å². The van der Waals surface area contributed by atoms with Gasteiger partial charge in [-0.05, 0) is 27.4 Å². The monoisotopic (exact) mass is 397 g/mol. The summed E-state index contributed by atoms with van der Waals surface area (Å²) in [5.74, 6) is 0.0809. The summed E-state index contributed by atoms with van der Waals surface area (Å²) >= 11 is 8.84. The molecule has 3 rings (SSSR count). The predicted molar refractivity (Wildman–Crippen MR) is 89.5 cm³/mol. The Morgan fingerprint density at radius 2 is 1.82 bits per heavy atom. The van der Waals surface area contributed by atoms with Gasteiger partial charge in [-0.25, -0.2) is 18.4 Å². The fraction of sp³-hybridized carbons (Fsp3) is 0. The maximum Gasteiger partial charge on any atom is 0.263 e. The lowest BCUT2D eigenvalue weighted by Crippen LogP contribution is -2.15. The molecule has 0 aliphatic rings. The molecular weight excluding hydrogens is 390 g/mol. The third-order valence-electron chi connectivity index (χ3n) is 2.97. The summed E-state index contributed by atoms with van der Waals surface area (Å²) in [5, 5.41) is 1.64. The van der Waals surface area contributed by atoms with Crippen molar-refractivity contribution < 1.29 is 8.42 Å². The normalized spacial score (nSPS) is 11.5. The Morgan fingerprint density at radius 3 is 2.59 bits per heavy atom. The number of nitrogens with one attached hydrogen (secondary N) is 1. The molecule has 0 spiro atoms. The summed E-state index contributed by atoms with van der Waals surface area (Å²) in [6, 6.07) is 12.3. The lowest BCUT2D eigenvalue weighted by molar-refractivity contribution is 0.602. The maximum atomic E-state index is 12.6. The number of halogens is 2. The molecule has 0 saturated carbocycles. The van der Waals surface area contributed by atoms with Crippen LogP contribution in [0.2, 0.25) is 5.15 Å². The van der Waals surface area contributed by atoms with Gasteiger partial charge in [0.25, 0.3) is 10.0 Å². The van der Waals surface area contributed by atoms with Crippen molar-refractivity contribution in [3.05, 3.63) is 58.4 Å². The molecule has 8 heteroatoms. The van der Waals surface area contributed by atoms with Gasteiger partial charge in [0.2, 0.25) is 0 Å². The number of aromatic nitrogens is 2. The van der Waals surface area contributed by atoms with Crippen LogP contribution in [0, 0.1) is 0 Å². The van der Waals surface area contributed by atoms with E-state index in [1.165, 1.54) is 6.20 Å². The molecule has 0 amide bonds. The van der Waals surface area contributed by atoms with E-state index in [4.69, 9.17) is 11.6 Å². The SMILES string of the molecule is O=S(=O)(Nc1ncc(Cl)nc1Br)c1cccc2ccccc12. The average molecular weight is 399 g/mol. The van der Waals surface area contributed by atoms with Gasteiger partial charge in [0.1, 0.15) is 5.15 Å². The molecular formula is C14H9BrClN3O2S. The van der Waals surface area contributed by atoms with Crippen LogP contribution in [0.5, 0.6) is 0 Å². The molecule has 0 fully saturated rings. The van der Waals surface area contributed by atoms with Gasteiger partial charge in [0, 0.05) is 5.39 Å². The largest absolute Gasteiger partial charge is 0.263 e. The molecule has 0 aliphatic heterocycles. The molecule has 22 heavy (non-hydrogen) atoms. The molecule has 1 heterocycles. The number of sulfonamides is 1. The van der Waals surface area contributed by atoms with Gasteiger partial charge in [0.05, 0.1) is 11.1 Å². The third kappa shape index (κ3) is 2.92. The highest BCUT2D eigenvalue weighted by molar-refractivity contribution is 9.10. The first-order chi connectivity index (χ1) is 10.5. The molecule has 0 unspecified atom stereocenters. The van der Waals surface area contributed by atoms with Crippen LogP contribution in [0.15, 0.2) is 58.2 Å². The van der Waals surface area contributed by atoms with Crippen molar-refractivity contribution in [3.8, 4) is 0 Å². The summed E-state index contributed by atoms with van der Waals surface area (Å²) in [4.78, 5) is 8.02. The quantitative estimate of drug-likeness (QED) is 0.727. The predicted octanol–water partition coefficient (Wildman–Crippen LogP) is 3.85. The van der Waals surface area contributed by atoms with Gasteiger partial charge in [-0.2, -0.15) is 0 Å². The first-order valence-corrected chi connectivity index (χ1v) is 8.81. The molecule has 0 radical (unpaired) electrons. The zero-order valence-electron chi connectivity index (χ0n) is 11.0. The van der Waals surface area contributed by atoms with E-state index < -0.39 is 10.0 Å². The molecule has 0 aliphatic carbocycles. The zero-order valence-corrected chi connectivity index (χ0v) is 14.2. The van der Waals surface area contributed by atoms with E-state index in [1.807, 2.05) is 18.2 Å². The Bertz CT molecular complexity index is 958. The second kappa shape index (κ2) is 5.83. The number of rotatable bonds is 3. The van der Waals surface area contributed by atoms with Crippen LogP contribution in [0.3, 0.4) is 0 Å². The maximum absolute atomic E-state index is 12.6. The Kier molecular flexibility index (Phi) is 4.03. The van der Waals surface area contributed by atoms with E-state index in [2.05, 4.69) is 30.6 Å². The molecule has 5 nitrogen and oxygen atoms in total.